The van der Waals surface area contributed by atoms with Gasteiger partial charge >= 0.3 is 5.97 Å². The van der Waals surface area contributed by atoms with Crippen molar-refractivity contribution in [3.05, 3.63) is 32.7 Å². The van der Waals surface area contributed by atoms with Gasteiger partial charge in [0.05, 0.1) is 5.69 Å². The zero-order valence-electron chi connectivity index (χ0n) is 8.74. The molecule has 1 rings (SSSR count). The molecule has 0 bridgehead atoms. The highest BCUT2D eigenvalue weighted by Gasteiger charge is 2.33. The number of hydrogen-bond acceptors (Lipinski definition) is 2. The van der Waals surface area contributed by atoms with Crippen molar-refractivity contribution >= 4 is 21.9 Å². The molecule has 0 aliphatic rings. The zero-order valence-corrected chi connectivity index (χ0v) is 10.3. The maximum absolute atomic E-state index is 11.4. The summed E-state index contributed by atoms with van der Waals surface area (Å²) >= 11 is 3.26. The van der Waals surface area contributed by atoms with Gasteiger partial charge in [-0.3, -0.25) is 9.59 Å². The van der Waals surface area contributed by atoms with Gasteiger partial charge in [-0.05, 0) is 35.8 Å². The van der Waals surface area contributed by atoms with E-state index in [-0.39, 0.29) is 5.56 Å². The van der Waals surface area contributed by atoms with Crippen molar-refractivity contribution < 1.29 is 9.90 Å². The number of carboxylic acid groups (broad SMARTS) is 1. The van der Waals surface area contributed by atoms with E-state index < -0.39 is 11.4 Å². The number of aliphatic carboxylic acids is 1. The average Bonchev–Trinajstić information content (AvgIpc) is 2.11. The fourth-order valence-corrected chi connectivity index (χ4v) is 2.32. The molecule has 0 atom stereocenters. The first-order valence-electron chi connectivity index (χ1n) is 4.38. The third-order valence-electron chi connectivity index (χ3n) is 2.39. The summed E-state index contributed by atoms with van der Waals surface area (Å²) < 4.78 is 1.97. The molecule has 0 spiro atoms. The van der Waals surface area contributed by atoms with E-state index in [2.05, 4.69) is 15.9 Å². The van der Waals surface area contributed by atoms with Crippen LogP contribution in [-0.4, -0.2) is 15.6 Å². The van der Waals surface area contributed by atoms with Crippen LogP contribution in [-0.2, 0) is 17.3 Å². The molecule has 5 heteroatoms. The highest BCUT2D eigenvalue weighted by molar-refractivity contribution is 9.10. The van der Waals surface area contributed by atoms with E-state index in [1.807, 2.05) is 0 Å². The lowest BCUT2D eigenvalue weighted by Gasteiger charge is -2.23. The van der Waals surface area contributed by atoms with Crippen molar-refractivity contribution in [2.24, 2.45) is 7.05 Å². The molecule has 0 aromatic carbocycles. The Hall–Kier alpha value is -1.10. The van der Waals surface area contributed by atoms with E-state index in [1.165, 1.54) is 10.6 Å². The van der Waals surface area contributed by atoms with Crippen molar-refractivity contribution in [3.8, 4) is 0 Å². The van der Waals surface area contributed by atoms with Crippen LogP contribution in [0.3, 0.4) is 0 Å². The second kappa shape index (κ2) is 3.81. The van der Waals surface area contributed by atoms with Crippen LogP contribution in [0.25, 0.3) is 0 Å². The van der Waals surface area contributed by atoms with E-state index >= 15 is 0 Å². The molecule has 82 valence electrons. The first-order valence-corrected chi connectivity index (χ1v) is 5.17. The normalized spacial score (nSPS) is 11.5. The SMILES string of the molecule is Cn1c(C(C)(C)C(=O)O)c(Br)ccc1=O. The van der Waals surface area contributed by atoms with Gasteiger partial charge in [0.25, 0.3) is 5.56 Å². The van der Waals surface area contributed by atoms with Gasteiger partial charge in [0.1, 0.15) is 5.41 Å². The van der Waals surface area contributed by atoms with Crippen molar-refractivity contribution in [1.29, 1.82) is 0 Å². The topological polar surface area (TPSA) is 59.3 Å². The first kappa shape index (κ1) is 12.0. The molecule has 0 aliphatic heterocycles. The van der Waals surface area contributed by atoms with E-state index in [1.54, 1.807) is 27.0 Å². The molecular formula is C10H12BrNO3. The second-order valence-electron chi connectivity index (χ2n) is 3.86. The largest absolute Gasteiger partial charge is 0.481 e. The van der Waals surface area contributed by atoms with Gasteiger partial charge in [-0.15, -0.1) is 0 Å². The van der Waals surface area contributed by atoms with Crippen LogP contribution in [0.15, 0.2) is 21.4 Å². The maximum atomic E-state index is 11.4. The molecule has 15 heavy (non-hydrogen) atoms. The third kappa shape index (κ3) is 1.97. The molecule has 0 saturated carbocycles. The molecular weight excluding hydrogens is 262 g/mol. The number of hydrogen-bond donors (Lipinski definition) is 1. The summed E-state index contributed by atoms with van der Waals surface area (Å²) in [6, 6.07) is 2.97. The van der Waals surface area contributed by atoms with E-state index in [0.717, 1.165) is 0 Å². The van der Waals surface area contributed by atoms with Gasteiger partial charge < -0.3 is 9.67 Å². The number of carbonyl (C=O) groups is 1. The van der Waals surface area contributed by atoms with Crippen LogP contribution in [0.4, 0.5) is 0 Å². The Balaban J connectivity index is 3.57. The molecule has 1 N–H and O–H groups in total. The molecule has 1 aromatic heterocycles. The number of carboxylic acids is 1. The lowest BCUT2D eigenvalue weighted by molar-refractivity contribution is -0.142. The first-order chi connectivity index (χ1) is 6.78. The highest BCUT2D eigenvalue weighted by Crippen LogP contribution is 2.28. The predicted octanol–water partition coefficient (Wildman–Crippen LogP) is 1.51. The minimum absolute atomic E-state index is 0.220. The monoisotopic (exact) mass is 273 g/mol. The Morgan fingerprint density at radius 2 is 2.00 bits per heavy atom. The molecule has 0 fully saturated rings. The summed E-state index contributed by atoms with van der Waals surface area (Å²) in [4.78, 5) is 22.5. The van der Waals surface area contributed by atoms with Gasteiger partial charge in [0, 0.05) is 17.6 Å². The number of aromatic nitrogens is 1. The Labute approximate surface area is 95.7 Å². The summed E-state index contributed by atoms with van der Waals surface area (Å²) in [6.45, 7) is 3.13. The minimum atomic E-state index is -1.10. The summed E-state index contributed by atoms with van der Waals surface area (Å²) in [5.41, 5.74) is -0.862. The Morgan fingerprint density at radius 3 is 2.47 bits per heavy atom. The Morgan fingerprint density at radius 1 is 1.47 bits per heavy atom. The molecule has 0 amide bonds. The smallest absolute Gasteiger partial charge is 0.315 e. The number of nitrogens with zero attached hydrogens (tertiary/aromatic N) is 1. The second-order valence-corrected chi connectivity index (χ2v) is 4.71. The van der Waals surface area contributed by atoms with Crippen LogP contribution in [0.1, 0.15) is 19.5 Å². The maximum Gasteiger partial charge on any atom is 0.315 e. The molecule has 0 radical (unpaired) electrons. The predicted molar refractivity (Wildman–Crippen MR) is 60.0 cm³/mol. The van der Waals surface area contributed by atoms with Crippen LogP contribution in [0.2, 0.25) is 0 Å². The van der Waals surface area contributed by atoms with E-state index in [0.29, 0.717) is 10.2 Å². The number of rotatable bonds is 2. The van der Waals surface area contributed by atoms with Gasteiger partial charge in [0.15, 0.2) is 0 Å². The molecule has 1 heterocycles. The van der Waals surface area contributed by atoms with Crippen molar-refractivity contribution in [2.45, 2.75) is 19.3 Å². The van der Waals surface area contributed by atoms with Gasteiger partial charge in [0.2, 0.25) is 0 Å². The minimum Gasteiger partial charge on any atom is -0.481 e. The van der Waals surface area contributed by atoms with Crippen molar-refractivity contribution in [3.63, 3.8) is 0 Å². The van der Waals surface area contributed by atoms with Crippen molar-refractivity contribution in [2.75, 3.05) is 0 Å². The molecule has 4 nitrogen and oxygen atoms in total. The third-order valence-corrected chi connectivity index (χ3v) is 3.03. The summed E-state index contributed by atoms with van der Waals surface area (Å²) in [5, 5.41) is 9.10. The van der Waals surface area contributed by atoms with E-state index in [4.69, 9.17) is 5.11 Å². The van der Waals surface area contributed by atoms with E-state index in [9.17, 15) is 9.59 Å². The number of halogens is 1. The van der Waals surface area contributed by atoms with Crippen LogP contribution >= 0.6 is 15.9 Å². The zero-order chi connectivity index (χ0) is 11.8. The summed E-state index contributed by atoms with van der Waals surface area (Å²) in [6.07, 6.45) is 0. The van der Waals surface area contributed by atoms with Crippen molar-refractivity contribution in [1.82, 2.24) is 4.57 Å². The number of pyridine rings is 1. The van der Waals surface area contributed by atoms with Gasteiger partial charge in [-0.2, -0.15) is 0 Å². The summed E-state index contributed by atoms with van der Waals surface area (Å²) in [5.74, 6) is -0.968. The molecule has 0 unspecified atom stereocenters. The highest BCUT2D eigenvalue weighted by atomic mass is 79.9. The summed E-state index contributed by atoms with van der Waals surface area (Å²) in [7, 11) is 1.56. The quantitative estimate of drug-likeness (QED) is 0.889. The lowest BCUT2D eigenvalue weighted by Crippen LogP contribution is -2.35. The van der Waals surface area contributed by atoms with Crippen LogP contribution in [0.5, 0.6) is 0 Å². The average molecular weight is 274 g/mol. The standard InChI is InChI=1S/C10H12BrNO3/c1-10(2,9(14)15)8-6(11)4-5-7(13)12(8)3/h4-5H,1-3H3,(H,14,15). The molecule has 1 aromatic rings. The van der Waals surface area contributed by atoms with Gasteiger partial charge in [-0.25, -0.2) is 0 Å². The molecule has 0 saturated heterocycles. The fourth-order valence-electron chi connectivity index (χ4n) is 1.42. The Bertz CT molecular complexity index is 462. The molecule has 0 aliphatic carbocycles. The van der Waals surface area contributed by atoms with Gasteiger partial charge in [-0.1, -0.05) is 0 Å². The lowest BCUT2D eigenvalue weighted by atomic mass is 9.88. The fraction of sp³-hybridized carbons (Fsp3) is 0.400. The Kier molecular flexibility index (Phi) is 3.04. The van der Waals surface area contributed by atoms with Crippen LogP contribution < -0.4 is 5.56 Å². The van der Waals surface area contributed by atoms with Crippen LogP contribution in [0, 0.1) is 0 Å².